The molecule has 0 saturated heterocycles. The van der Waals surface area contributed by atoms with Crippen LogP contribution in [-0.4, -0.2) is 38.9 Å². The van der Waals surface area contributed by atoms with Gasteiger partial charge in [0.25, 0.3) is 0 Å². The molecule has 0 saturated carbocycles. The smallest absolute Gasteiger partial charge is 0.185 e. The molecule has 0 amide bonds. The lowest BCUT2D eigenvalue weighted by Gasteiger charge is -2.23. The van der Waals surface area contributed by atoms with E-state index in [1.807, 2.05) is 10.9 Å². The minimum Gasteiger partial charge on any atom is -0.349 e. The maximum atomic E-state index is 4.53. The molecule has 0 aromatic carbocycles. The Labute approximate surface area is 129 Å². The fourth-order valence-electron chi connectivity index (χ4n) is 2.67. The van der Waals surface area contributed by atoms with Crippen molar-refractivity contribution >= 4 is 16.5 Å². The van der Waals surface area contributed by atoms with Gasteiger partial charge in [-0.2, -0.15) is 5.10 Å². The van der Waals surface area contributed by atoms with Gasteiger partial charge in [0.2, 0.25) is 0 Å². The van der Waals surface area contributed by atoms with Crippen LogP contribution in [0, 0.1) is 0 Å². The number of aromatic nitrogens is 4. The van der Waals surface area contributed by atoms with Gasteiger partial charge in [0.15, 0.2) is 5.13 Å². The van der Waals surface area contributed by atoms with Gasteiger partial charge in [-0.05, 0) is 20.3 Å². The van der Waals surface area contributed by atoms with Crippen molar-refractivity contribution in [2.75, 3.05) is 18.0 Å². The van der Waals surface area contributed by atoms with E-state index in [1.165, 1.54) is 4.88 Å². The van der Waals surface area contributed by atoms with Crippen molar-refractivity contribution in [3.8, 4) is 0 Å². The molecule has 7 heteroatoms. The van der Waals surface area contributed by atoms with E-state index in [1.54, 1.807) is 17.7 Å². The first-order valence-corrected chi connectivity index (χ1v) is 8.41. The fourth-order valence-corrected chi connectivity index (χ4v) is 3.66. The van der Waals surface area contributed by atoms with E-state index in [0.717, 1.165) is 50.0 Å². The molecule has 1 N–H and O–H groups in total. The molecule has 3 heterocycles. The van der Waals surface area contributed by atoms with Crippen LogP contribution in [0.3, 0.4) is 0 Å². The van der Waals surface area contributed by atoms with Crippen LogP contribution in [0.2, 0.25) is 0 Å². The highest BCUT2D eigenvalue weighted by molar-refractivity contribution is 7.15. The van der Waals surface area contributed by atoms with Gasteiger partial charge in [-0.1, -0.05) is 0 Å². The lowest BCUT2D eigenvalue weighted by molar-refractivity contribution is 0.359. The second-order valence-corrected chi connectivity index (χ2v) is 6.35. The van der Waals surface area contributed by atoms with Crippen molar-refractivity contribution in [1.82, 2.24) is 25.1 Å². The van der Waals surface area contributed by atoms with Crippen molar-refractivity contribution in [3.63, 3.8) is 0 Å². The normalized spacial score (nSPS) is 17.7. The van der Waals surface area contributed by atoms with Crippen molar-refractivity contribution in [2.24, 2.45) is 0 Å². The molecule has 1 atom stereocenters. The summed E-state index contributed by atoms with van der Waals surface area (Å²) in [5.41, 5.74) is 0. The van der Waals surface area contributed by atoms with Crippen LogP contribution < -0.4 is 10.2 Å². The predicted molar refractivity (Wildman–Crippen MR) is 84.6 cm³/mol. The number of nitrogens with one attached hydrogen (secondary N) is 1. The topological polar surface area (TPSA) is 58.9 Å². The van der Waals surface area contributed by atoms with Crippen LogP contribution in [0.5, 0.6) is 0 Å². The SMILES string of the molecule is CCN(CC)c1ncc(CNC2CCc3ncnn3C2)s1. The van der Waals surface area contributed by atoms with Crippen LogP contribution in [0.4, 0.5) is 5.13 Å². The Bertz CT molecular complexity index is 574. The maximum absolute atomic E-state index is 4.53. The number of hydrogen-bond acceptors (Lipinski definition) is 6. The minimum atomic E-state index is 0.471. The van der Waals surface area contributed by atoms with Gasteiger partial charge in [-0.3, -0.25) is 0 Å². The van der Waals surface area contributed by atoms with Gasteiger partial charge in [-0.25, -0.2) is 14.6 Å². The first-order chi connectivity index (χ1) is 10.3. The molecule has 0 spiro atoms. The lowest BCUT2D eigenvalue weighted by Crippen LogP contribution is -2.37. The highest BCUT2D eigenvalue weighted by atomic mass is 32.1. The number of nitrogens with zero attached hydrogens (tertiary/aromatic N) is 5. The third kappa shape index (κ3) is 3.24. The van der Waals surface area contributed by atoms with Crippen LogP contribution in [0.1, 0.15) is 31.0 Å². The summed E-state index contributed by atoms with van der Waals surface area (Å²) in [5.74, 6) is 1.11. The first-order valence-electron chi connectivity index (χ1n) is 7.59. The molecule has 1 aliphatic rings. The highest BCUT2D eigenvalue weighted by Crippen LogP contribution is 2.22. The predicted octanol–water partition coefficient (Wildman–Crippen LogP) is 1.69. The Morgan fingerprint density at radius 1 is 1.38 bits per heavy atom. The summed E-state index contributed by atoms with van der Waals surface area (Å²) < 4.78 is 2.01. The summed E-state index contributed by atoms with van der Waals surface area (Å²) in [6, 6.07) is 0.471. The van der Waals surface area contributed by atoms with E-state index in [0.29, 0.717) is 6.04 Å². The summed E-state index contributed by atoms with van der Waals surface area (Å²) in [6.45, 7) is 8.15. The highest BCUT2D eigenvalue weighted by Gasteiger charge is 2.19. The molecule has 1 aliphatic heterocycles. The molecule has 2 aromatic rings. The summed E-state index contributed by atoms with van der Waals surface area (Å²) in [4.78, 5) is 12.4. The lowest BCUT2D eigenvalue weighted by atomic mass is 10.1. The van der Waals surface area contributed by atoms with E-state index >= 15 is 0 Å². The summed E-state index contributed by atoms with van der Waals surface area (Å²) >= 11 is 1.78. The quantitative estimate of drug-likeness (QED) is 0.880. The second-order valence-electron chi connectivity index (χ2n) is 5.26. The molecule has 2 aromatic heterocycles. The first kappa shape index (κ1) is 14.5. The number of fused-ring (bicyclic) bond motifs is 1. The Kier molecular flexibility index (Phi) is 4.50. The average Bonchev–Trinajstić information content (AvgIpc) is 3.15. The largest absolute Gasteiger partial charge is 0.349 e. The summed E-state index contributed by atoms with van der Waals surface area (Å²) in [7, 11) is 0. The number of anilines is 1. The molecule has 1 unspecified atom stereocenters. The monoisotopic (exact) mass is 306 g/mol. The standard InChI is InChI=1S/C14H22N6S/c1-3-19(4-2)14-16-8-12(21-14)7-15-11-5-6-13-17-10-18-20(13)9-11/h8,10-11,15H,3-7,9H2,1-2H3. The van der Waals surface area contributed by atoms with Crippen molar-refractivity contribution in [2.45, 2.75) is 45.8 Å². The van der Waals surface area contributed by atoms with Gasteiger partial charge in [0, 0.05) is 43.2 Å². The molecule has 114 valence electrons. The zero-order valence-corrected chi connectivity index (χ0v) is 13.4. The number of rotatable bonds is 6. The van der Waals surface area contributed by atoms with E-state index in [-0.39, 0.29) is 0 Å². The Morgan fingerprint density at radius 3 is 3.05 bits per heavy atom. The Balaban J connectivity index is 1.54. The third-order valence-electron chi connectivity index (χ3n) is 3.95. The van der Waals surface area contributed by atoms with E-state index in [4.69, 9.17) is 0 Å². The van der Waals surface area contributed by atoms with Gasteiger partial charge in [0.1, 0.15) is 12.2 Å². The zero-order chi connectivity index (χ0) is 14.7. The molecular weight excluding hydrogens is 284 g/mol. The minimum absolute atomic E-state index is 0.471. The van der Waals surface area contributed by atoms with Crippen molar-refractivity contribution < 1.29 is 0 Å². The third-order valence-corrected chi connectivity index (χ3v) is 5.00. The molecule has 3 rings (SSSR count). The Hall–Kier alpha value is -1.47. The second kappa shape index (κ2) is 6.53. The number of aryl methyl sites for hydroxylation is 1. The maximum Gasteiger partial charge on any atom is 0.185 e. The number of hydrogen-bond donors (Lipinski definition) is 1. The number of thiazole rings is 1. The molecular formula is C14H22N6S. The van der Waals surface area contributed by atoms with Gasteiger partial charge < -0.3 is 10.2 Å². The van der Waals surface area contributed by atoms with E-state index in [9.17, 15) is 0 Å². The van der Waals surface area contributed by atoms with Crippen LogP contribution in [0.15, 0.2) is 12.5 Å². The van der Waals surface area contributed by atoms with E-state index in [2.05, 4.69) is 39.1 Å². The van der Waals surface area contributed by atoms with E-state index < -0.39 is 0 Å². The van der Waals surface area contributed by atoms with Crippen LogP contribution in [-0.2, 0) is 19.5 Å². The molecule has 21 heavy (non-hydrogen) atoms. The van der Waals surface area contributed by atoms with Crippen molar-refractivity contribution in [1.29, 1.82) is 0 Å². The van der Waals surface area contributed by atoms with Gasteiger partial charge in [0.05, 0.1) is 6.54 Å². The average molecular weight is 306 g/mol. The summed E-state index contributed by atoms with van der Waals surface area (Å²) in [5, 5.41) is 9.00. The fraction of sp³-hybridized carbons (Fsp3) is 0.643. The van der Waals surface area contributed by atoms with Gasteiger partial charge >= 0.3 is 0 Å². The van der Waals surface area contributed by atoms with Crippen molar-refractivity contribution in [3.05, 3.63) is 23.2 Å². The molecule has 0 fully saturated rings. The molecule has 0 radical (unpaired) electrons. The van der Waals surface area contributed by atoms with Crippen LogP contribution in [0.25, 0.3) is 0 Å². The van der Waals surface area contributed by atoms with Crippen LogP contribution >= 0.6 is 11.3 Å². The Morgan fingerprint density at radius 2 is 2.24 bits per heavy atom. The summed E-state index contributed by atoms with van der Waals surface area (Å²) in [6.07, 6.45) is 5.78. The van der Waals surface area contributed by atoms with Gasteiger partial charge in [-0.15, -0.1) is 11.3 Å². The molecule has 0 aliphatic carbocycles. The molecule has 0 bridgehead atoms. The molecule has 6 nitrogen and oxygen atoms in total. The zero-order valence-electron chi connectivity index (χ0n) is 12.6.